The Morgan fingerprint density at radius 2 is 2.19 bits per heavy atom. The molecule has 4 heteroatoms. The molecule has 0 radical (unpaired) electrons. The van der Waals surface area contributed by atoms with Crippen LogP contribution in [0.15, 0.2) is 9.68 Å². The van der Waals surface area contributed by atoms with E-state index in [4.69, 9.17) is 9.73 Å². The molecule has 4 nitrogen and oxygen atoms in total. The highest BCUT2D eigenvalue weighted by molar-refractivity contribution is 6.03. The zero-order valence-electron chi connectivity index (χ0n) is 10.1. The largest absolute Gasteiger partial charge is 0.411 e. The van der Waals surface area contributed by atoms with Crippen LogP contribution in [0.4, 0.5) is 0 Å². The SMILES string of the molecule is CCCc1noc2c1C(=NO)CC(C)(C)C2. The summed E-state index contributed by atoms with van der Waals surface area (Å²) < 4.78 is 5.37. The maximum atomic E-state index is 9.10. The molecule has 2 rings (SSSR count). The van der Waals surface area contributed by atoms with Crippen molar-refractivity contribution in [1.29, 1.82) is 0 Å². The minimum atomic E-state index is 0.0809. The molecule has 1 aliphatic rings. The number of fused-ring (bicyclic) bond motifs is 1. The molecule has 88 valence electrons. The third-order valence-corrected chi connectivity index (χ3v) is 3.01. The fourth-order valence-electron chi connectivity index (χ4n) is 2.34. The lowest BCUT2D eigenvalue weighted by molar-refractivity contribution is 0.284. The average molecular weight is 222 g/mol. The van der Waals surface area contributed by atoms with Gasteiger partial charge in [-0.25, -0.2) is 0 Å². The number of hydrogen-bond donors (Lipinski definition) is 1. The number of aryl methyl sites for hydroxylation is 1. The van der Waals surface area contributed by atoms with Gasteiger partial charge in [0.1, 0.15) is 5.76 Å². The standard InChI is InChI=1S/C12H18N2O2/c1-4-5-8-11-9(13-15)6-12(2,3)7-10(11)16-14-8/h15H,4-7H2,1-3H3. The Morgan fingerprint density at radius 1 is 1.44 bits per heavy atom. The van der Waals surface area contributed by atoms with Gasteiger partial charge in [0.05, 0.1) is 17.0 Å². The Morgan fingerprint density at radius 3 is 2.81 bits per heavy atom. The molecule has 1 N–H and O–H groups in total. The van der Waals surface area contributed by atoms with Crippen molar-refractivity contribution in [2.24, 2.45) is 10.6 Å². The van der Waals surface area contributed by atoms with E-state index in [-0.39, 0.29) is 5.41 Å². The molecule has 1 heterocycles. The number of nitrogens with zero attached hydrogens (tertiary/aromatic N) is 2. The molecule has 0 atom stereocenters. The summed E-state index contributed by atoms with van der Waals surface area (Å²) in [7, 11) is 0. The summed E-state index contributed by atoms with van der Waals surface area (Å²) in [6, 6.07) is 0. The summed E-state index contributed by atoms with van der Waals surface area (Å²) in [5.41, 5.74) is 2.68. The summed E-state index contributed by atoms with van der Waals surface area (Å²) in [5, 5.41) is 16.6. The van der Waals surface area contributed by atoms with Crippen molar-refractivity contribution in [2.45, 2.75) is 46.5 Å². The van der Waals surface area contributed by atoms with E-state index in [0.29, 0.717) is 0 Å². The lowest BCUT2D eigenvalue weighted by atomic mass is 9.75. The molecule has 0 spiro atoms. The Labute approximate surface area is 95.3 Å². The molecule has 1 aliphatic carbocycles. The molecule has 0 unspecified atom stereocenters. The minimum absolute atomic E-state index is 0.0809. The quantitative estimate of drug-likeness (QED) is 0.618. The van der Waals surface area contributed by atoms with E-state index in [0.717, 1.165) is 48.4 Å². The molecule has 0 saturated heterocycles. The van der Waals surface area contributed by atoms with Gasteiger partial charge < -0.3 is 9.73 Å². The van der Waals surface area contributed by atoms with Gasteiger partial charge in [-0.3, -0.25) is 0 Å². The van der Waals surface area contributed by atoms with Crippen LogP contribution in [0.25, 0.3) is 0 Å². The van der Waals surface area contributed by atoms with Crippen molar-refractivity contribution in [3.05, 3.63) is 17.0 Å². The van der Waals surface area contributed by atoms with Gasteiger partial charge in [-0.2, -0.15) is 0 Å². The number of aromatic nitrogens is 1. The monoisotopic (exact) mass is 222 g/mol. The lowest BCUT2D eigenvalue weighted by Gasteiger charge is -2.28. The van der Waals surface area contributed by atoms with Crippen molar-refractivity contribution < 1.29 is 9.73 Å². The summed E-state index contributed by atoms with van der Waals surface area (Å²) in [4.78, 5) is 0. The molecule has 0 saturated carbocycles. The maximum Gasteiger partial charge on any atom is 0.146 e. The number of oxime groups is 1. The third-order valence-electron chi connectivity index (χ3n) is 3.01. The smallest absolute Gasteiger partial charge is 0.146 e. The van der Waals surface area contributed by atoms with E-state index in [1.54, 1.807) is 0 Å². The summed E-state index contributed by atoms with van der Waals surface area (Å²) in [5.74, 6) is 0.868. The van der Waals surface area contributed by atoms with Crippen molar-refractivity contribution >= 4 is 5.71 Å². The fourth-order valence-corrected chi connectivity index (χ4v) is 2.34. The van der Waals surface area contributed by atoms with Crippen LogP contribution >= 0.6 is 0 Å². The van der Waals surface area contributed by atoms with Crippen LogP contribution in [0, 0.1) is 5.41 Å². The molecule has 1 aromatic rings. The molecule has 0 aliphatic heterocycles. The van der Waals surface area contributed by atoms with E-state index in [9.17, 15) is 0 Å². The predicted octanol–water partition coefficient (Wildman–Crippen LogP) is 2.78. The Bertz CT molecular complexity index is 419. The second kappa shape index (κ2) is 3.92. The molecule has 16 heavy (non-hydrogen) atoms. The van der Waals surface area contributed by atoms with E-state index in [2.05, 4.69) is 31.1 Å². The van der Waals surface area contributed by atoms with E-state index in [1.165, 1.54) is 0 Å². The highest BCUT2D eigenvalue weighted by Crippen LogP contribution is 2.36. The molecule has 0 amide bonds. The van der Waals surface area contributed by atoms with Crippen LogP contribution in [0.2, 0.25) is 0 Å². The van der Waals surface area contributed by atoms with Gasteiger partial charge in [-0.05, 0) is 18.3 Å². The average Bonchev–Trinajstić information content (AvgIpc) is 2.59. The number of rotatable bonds is 2. The predicted molar refractivity (Wildman–Crippen MR) is 60.9 cm³/mol. The zero-order valence-corrected chi connectivity index (χ0v) is 10.1. The van der Waals surface area contributed by atoms with Crippen LogP contribution in [-0.4, -0.2) is 16.1 Å². The molecule has 0 bridgehead atoms. The summed E-state index contributed by atoms with van der Waals surface area (Å²) in [6.45, 7) is 6.38. The summed E-state index contributed by atoms with van der Waals surface area (Å²) >= 11 is 0. The lowest BCUT2D eigenvalue weighted by Crippen LogP contribution is -2.27. The van der Waals surface area contributed by atoms with Gasteiger partial charge in [0, 0.05) is 6.42 Å². The summed E-state index contributed by atoms with van der Waals surface area (Å²) in [6.07, 6.45) is 3.52. The first-order valence-corrected chi connectivity index (χ1v) is 5.76. The van der Waals surface area contributed by atoms with Crippen LogP contribution in [0.5, 0.6) is 0 Å². The molecular weight excluding hydrogens is 204 g/mol. The van der Waals surface area contributed by atoms with Gasteiger partial charge in [-0.1, -0.05) is 37.5 Å². The zero-order chi connectivity index (χ0) is 11.8. The van der Waals surface area contributed by atoms with Gasteiger partial charge in [0.2, 0.25) is 0 Å². The highest BCUT2D eigenvalue weighted by atomic mass is 16.5. The second-order valence-electron chi connectivity index (χ2n) is 5.24. The first kappa shape index (κ1) is 11.2. The Balaban J connectivity index is 2.45. The fraction of sp³-hybridized carbons (Fsp3) is 0.667. The van der Waals surface area contributed by atoms with Gasteiger partial charge in [-0.15, -0.1) is 0 Å². The van der Waals surface area contributed by atoms with Crippen LogP contribution in [0.1, 0.15) is 50.6 Å². The van der Waals surface area contributed by atoms with Crippen LogP contribution in [0.3, 0.4) is 0 Å². The normalized spacial score (nSPS) is 21.1. The van der Waals surface area contributed by atoms with E-state index < -0.39 is 0 Å². The Hall–Kier alpha value is -1.32. The van der Waals surface area contributed by atoms with Gasteiger partial charge in [0.25, 0.3) is 0 Å². The van der Waals surface area contributed by atoms with Crippen molar-refractivity contribution in [3.63, 3.8) is 0 Å². The van der Waals surface area contributed by atoms with Gasteiger partial charge >= 0.3 is 0 Å². The highest BCUT2D eigenvalue weighted by Gasteiger charge is 2.35. The van der Waals surface area contributed by atoms with Crippen molar-refractivity contribution in [1.82, 2.24) is 5.16 Å². The second-order valence-corrected chi connectivity index (χ2v) is 5.24. The molecule has 0 aromatic carbocycles. The van der Waals surface area contributed by atoms with Gasteiger partial charge in [0.15, 0.2) is 0 Å². The number of hydrogen-bond acceptors (Lipinski definition) is 4. The molecular formula is C12H18N2O2. The van der Waals surface area contributed by atoms with E-state index >= 15 is 0 Å². The third kappa shape index (κ3) is 1.84. The first-order chi connectivity index (χ1) is 7.57. The first-order valence-electron chi connectivity index (χ1n) is 5.76. The van der Waals surface area contributed by atoms with Crippen molar-refractivity contribution in [3.8, 4) is 0 Å². The van der Waals surface area contributed by atoms with Crippen LogP contribution < -0.4 is 0 Å². The molecule has 0 fully saturated rings. The minimum Gasteiger partial charge on any atom is -0.411 e. The van der Waals surface area contributed by atoms with Crippen LogP contribution in [-0.2, 0) is 12.8 Å². The Kier molecular flexibility index (Phi) is 2.74. The molecule has 1 aromatic heterocycles. The topological polar surface area (TPSA) is 58.6 Å². The maximum absolute atomic E-state index is 9.10. The van der Waals surface area contributed by atoms with E-state index in [1.807, 2.05) is 0 Å². The van der Waals surface area contributed by atoms with Crippen molar-refractivity contribution in [2.75, 3.05) is 0 Å².